The topological polar surface area (TPSA) is 56.7 Å². The summed E-state index contributed by atoms with van der Waals surface area (Å²) in [6.07, 6.45) is 6.38. The van der Waals surface area contributed by atoms with Crippen molar-refractivity contribution in [3.63, 3.8) is 0 Å². The van der Waals surface area contributed by atoms with Crippen LogP contribution >= 0.6 is 0 Å². The number of carbonyl (C=O) groups excluding carboxylic acids is 1. The molecule has 0 aliphatic heterocycles. The number of aryl methyl sites for hydroxylation is 1. The second kappa shape index (κ2) is 8.43. The van der Waals surface area contributed by atoms with E-state index in [4.69, 9.17) is 0 Å². The van der Waals surface area contributed by atoms with E-state index in [9.17, 15) is 9.90 Å². The minimum Gasteiger partial charge on any atom is -0.545 e. The molecule has 2 N–H and O–H groups in total. The molecule has 0 unspecified atom stereocenters. The quantitative estimate of drug-likeness (QED) is 0.771. The predicted molar refractivity (Wildman–Crippen MR) is 123 cm³/mol. The molecule has 2 aromatic carbocycles. The summed E-state index contributed by atoms with van der Waals surface area (Å²) >= 11 is 0. The molecule has 3 atom stereocenters. The summed E-state index contributed by atoms with van der Waals surface area (Å²) < 4.78 is 0. The van der Waals surface area contributed by atoms with Gasteiger partial charge in [0.1, 0.15) is 6.54 Å². The molecule has 3 heteroatoms. The summed E-state index contributed by atoms with van der Waals surface area (Å²) in [6, 6.07) is 14.4. The largest absolute Gasteiger partial charge is 0.545 e. The Bertz CT molecular complexity index is 948. The van der Waals surface area contributed by atoms with Gasteiger partial charge in [-0.2, -0.15) is 0 Å². The van der Waals surface area contributed by atoms with Crippen LogP contribution in [0.25, 0.3) is 0 Å². The van der Waals surface area contributed by atoms with Crippen LogP contribution in [0.3, 0.4) is 0 Å². The number of hydrogen-bond donors (Lipinski definition) is 1. The Hall–Kier alpha value is -2.13. The summed E-state index contributed by atoms with van der Waals surface area (Å²) in [7, 11) is 0. The molecule has 31 heavy (non-hydrogen) atoms. The summed E-state index contributed by atoms with van der Waals surface area (Å²) in [5.74, 6) is 0.188. The van der Waals surface area contributed by atoms with Gasteiger partial charge in [-0.05, 0) is 65.2 Å². The zero-order valence-electron chi connectivity index (χ0n) is 19.5. The zero-order valence-corrected chi connectivity index (χ0v) is 19.5. The van der Waals surface area contributed by atoms with Crippen molar-refractivity contribution in [2.45, 2.75) is 77.7 Å². The van der Waals surface area contributed by atoms with Gasteiger partial charge in [0.2, 0.25) is 0 Å². The molecule has 0 heterocycles. The number of aromatic carboxylic acids is 1. The lowest BCUT2D eigenvalue weighted by Crippen LogP contribution is -2.86. The molecule has 0 amide bonds. The Morgan fingerprint density at radius 2 is 1.87 bits per heavy atom. The van der Waals surface area contributed by atoms with Crippen LogP contribution in [0.1, 0.15) is 91.9 Å². The average molecular weight is 420 g/mol. The van der Waals surface area contributed by atoms with Crippen LogP contribution in [0.5, 0.6) is 0 Å². The van der Waals surface area contributed by atoms with Crippen molar-refractivity contribution in [2.75, 3.05) is 6.54 Å². The van der Waals surface area contributed by atoms with Crippen LogP contribution in [-0.2, 0) is 18.4 Å². The summed E-state index contributed by atoms with van der Waals surface area (Å²) in [5, 5.41) is 13.4. The number of carboxylic acids is 1. The van der Waals surface area contributed by atoms with E-state index in [1.165, 1.54) is 43.2 Å². The first-order valence-electron chi connectivity index (χ1n) is 12.0. The van der Waals surface area contributed by atoms with E-state index >= 15 is 0 Å². The molecule has 0 bridgehead atoms. The number of carboxylic acid groups (broad SMARTS) is 1. The maximum atomic E-state index is 11.0. The number of hydrogen-bond acceptors (Lipinski definition) is 2. The molecule has 166 valence electrons. The van der Waals surface area contributed by atoms with E-state index in [0.717, 1.165) is 13.1 Å². The summed E-state index contributed by atoms with van der Waals surface area (Å²) in [6.45, 7) is 11.6. The molecule has 1 fully saturated rings. The number of quaternary nitrogens is 1. The highest BCUT2D eigenvalue weighted by Gasteiger charge is 2.52. The normalized spacial score (nSPS) is 27.6. The highest BCUT2D eigenvalue weighted by Crippen LogP contribution is 2.56. The van der Waals surface area contributed by atoms with E-state index in [0.29, 0.717) is 17.3 Å². The second-order valence-corrected chi connectivity index (χ2v) is 10.8. The first-order chi connectivity index (χ1) is 14.7. The first-order valence-corrected chi connectivity index (χ1v) is 12.0. The third-order valence-electron chi connectivity index (χ3n) is 8.35. The molecule has 3 nitrogen and oxygen atoms in total. The first kappa shape index (κ1) is 22.1. The van der Waals surface area contributed by atoms with Gasteiger partial charge in [0.25, 0.3) is 0 Å². The second-order valence-electron chi connectivity index (χ2n) is 10.8. The molecule has 2 aromatic rings. The third kappa shape index (κ3) is 4.17. The molecule has 2 aliphatic carbocycles. The van der Waals surface area contributed by atoms with Crippen molar-refractivity contribution >= 4 is 5.97 Å². The van der Waals surface area contributed by atoms with Crippen LogP contribution in [-0.4, -0.2) is 12.5 Å². The lowest BCUT2D eigenvalue weighted by molar-refractivity contribution is -0.683. The molecular weight excluding hydrogens is 382 g/mol. The van der Waals surface area contributed by atoms with E-state index in [-0.39, 0.29) is 11.0 Å². The molecule has 0 saturated heterocycles. The van der Waals surface area contributed by atoms with Gasteiger partial charge in [-0.1, -0.05) is 76.6 Å². The molecule has 2 aliphatic rings. The fourth-order valence-corrected chi connectivity index (χ4v) is 6.59. The Kier molecular flexibility index (Phi) is 6.00. The highest BCUT2D eigenvalue weighted by molar-refractivity contribution is 5.85. The van der Waals surface area contributed by atoms with Gasteiger partial charge in [0.15, 0.2) is 0 Å². The van der Waals surface area contributed by atoms with Crippen LogP contribution in [0, 0.1) is 11.3 Å². The van der Waals surface area contributed by atoms with E-state index in [1.54, 1.807) is 23.3 Å². The van der Waals surface area contributed by atoms with Crippen molar-refractivity contribution in [1.29, 1.82) is 0 Å². The Balaban J connectivity index is 1.48. The maximum Gasteiger partial charge on any atom is 0.101 e. The standard InChI is InChI=1S/C28H37NO2/c1-19(2)22-10-12-24-23(16-22)11-13-25-27(3,14-5-15-28(24,25)4)18-29-17-20-6-8-21(9-7-20)26(30)31/h6-10,12,16,19,25,29H,5,11,13-15,17-18H2,1-4H3,(H,30,31)/t25-,27-,28-/m0/s1. The monoisotopic (exact) mass is 419 g/mol. The van der Waals surface area contributed by atoms with Crippen LogP contribution in [0.4, 0.5) is 0 Å². The Morgan fingerprint density at radius 1 is 1.13 bits per heavy atom. The van der Waals surface area contributed by atoms with Gasteiger partial charge < -0.3 is 15.2 Å². The number of rotatable bonds is 6. The van der Waals surface area contributed by atoms with Crippen LogP contribution in [0.15, 0.2) is 42.5 Å². The Morgan fingerprint density at radius 3 is 2.55 bits per heavy atom. The number of nitrogens with two attached hydrogens (primary N) is 1. The van der Waals surface area contributed by atoms with Crippen molar-refractivity contribution in [1.82, 2.24) is 0 Å². The fraction of sp³-hybridized carbons (Fsp3) is 0.536. The molecule has 4 rings (SSSR count). The maximum absolute atomic E-state index is 11.0. The summed E-state index contributed by atoms with van der Waals surface area (Å²) in [5.41, 5.74) is 6.69. The molecule has 0 radical (unpaired) electrons. The summed E-state index contributed by atoms with van der Waals surface area (Å²) in [4.78, 5) is 11.0. The van der Waals surface area contributed by atoms with E-state index in [2.05, 4.69) is 51.2 Å². The van der Waals surface area contributed by atoms with Gasteiger partial charge in [0.05, 0.1) is 12.5 Å². The molecule has 0 aromatic heterocycles. The third-order valence-corrected chi connectivity index (χ3v) is 8.35. The number of benzene rings is 2. The van der Waals surface area contributed by atoms with Gasteiger partial charge >= 0.3 is 0 Å². The molecule has 0 spiro atoms. The SMILES string of the molecule is CC(C)c1ccc2c(c1)CC[C@H]1[C@](C)(C[NH2+]Cc3ccc(C(=O)[O-])cc3)CCC[C@@]21C. The zero-order chi connectivity index (χ0) is 22.2. The Labute approximate surface area is 187 Å². The van der Waals surface area contributed by atoms with Gasteiger partial charge in [-0.25, -0.2) is 0 Å². The molecule has 1 saturated carbocycles. The molecular formula is C28H37NO2. The number of carbonyl (C=O) groups is 1. The average Bonchev–Trinajstić information content (AvgIpc) is 2.73. The van der Waals surface area contributed by atoms with Crippen molar-refractivity contribution < 1.29 is 15.2 Å². The number of fused-ring (bicyclic) bond motifs is 3. The van der Waals surface area contributed by atoms with Crippen molar-refractivity contribution in [2.24, 2.45) is 11.3 Å². The lowest BCUT2D eigenvalue weighted by Gasteiger charge is -2.54. The van der Waals surface area contributed by atoms with E-state index < -0.39 is 5.97 Å². The minimum absolute atomic E-state index is 0.250. The van der Waals surface area contributed by atoms with Crippen molar-refractivity contribution in [3.05, 3.63) is 70.3 Å². The van der Waals surface area contributed by atoms with Crippen LogP contribution < -0.4 is 10.4 Å². The predicted octanol–water partition coefficient (Wildman–Crippen LogP) is 3.95. The van der Waals surface area contributed by atoms with E-state index in [1.807, 2.05) is 12.1 Å². The smallest absolute Gasteiger partial charge is 0.101 e. The highest BCUT2D eigenvalue weighted by atomic mass is 16.4. The van der Waals surface area contributed by atoms with Gasteiger partial charge in [-0.15, -0.1) is 0 Å². The van der Waals surface area contributed by atoms with Crippen molar-refractivity contribution in [3.8, 4) is 0 Å². The van der Waals surface area contributed by atoms with Crippen LogP contribution in [0.2, 0.25) is 0 Å². The minimum atomic E-state index is -1.11. The fourth-order valence-electron chi connectivity index (χ4n) is 6.59. The lowest BCUT2D eigenvalue weighted by atomic mass is 9.49. The van der Waals surface area contributed by atoms with Gasteiger partial charge in [0, 0.05) is 11.0 Å². The van der Waals surface area contributed by atoms with Gasteiger partial charge in [-0.3, -0.25) is 0 Å².